The topological polar surface area (TPSA) is 53.2 Å². The summed E-state index contributed by atoms with van der Waals surface area (Å²) in [5.74, 6) is 3.09. The molecule has 0 spiro atoms. The van der Waals surface area contributed by atoms with Gasteiger partial charge < -0.3 is 16.0 Å². The van der Waals surface area contributed by atoms with Gasteiger partial charge in [0.1, 0.15) is 0 Å². The van der Waals surface area contributed by atoms with E-state index in [9.17, 15) is 4.79 Å². The molecule has 4 aliphatic rings. The Balaban J connectivity index is 1.39. The van der Waals surface area contributed by atoms with Gasteiger partial charge in [0, 0.05) is 18.1 Å². The Bertz CT molecular complexity index is 464. The highest BCUT2D eigenvalue weighted by Gasteiger charge is 2.44. The lowest BCUT2D eigenvalue weighted by Crippen LogP contribution is -2.58. The van der Waals surface area contributed by atoms with Crippen LogP contribution in [0.2, 0.25) is 0 Å². The number of hydrogen-bond acceptors (Lipinski definition) is 3. The van der Waals surface area contributed by atoms with E-state index >= 15 is 0 Å². The molecule has 4 rings (SSSR count). The first-order valence-corrected chi connectivity index (χ1v) is 10.4. The SMILES string of the molecule is CC1CCCC2CC(C(=O)N[C@H](C3CC3)C3NCCCC3C)NC12. The van der Waals surface area contributed by atoms with Gasteiger partial charge in [0.25, 0.3) is 0 Å². The van der Waals surface area contributed by atoms with Gasteiger partial charge in [0.05, 0.1) is 6.04 Å². The summed E-state index contributed by atoms with van der Waals surface area (Å²) in [5, 5.41) is 10.9. The molecule has 7 atom stereocenters. The molecule has 24 heavy (non-hydrogen) atoms. The smallest absolute Gasteiger partial charge is 0.237 e. The third kappa shape index (κ3) is 3.37. The monoisotopic (exact) mass is 333 g/mol. The average molecular weight is 334 g/mol. The van der Waals surface area contributed by atoms with Gasteiger partial charge in [-0.3, -0.25) is 4.79 Å². The predicted molar refractivity (Wildman–Crippen MR) is 96.7 cm³/mol. The first-order chi connectivity index (χ1) is 11.6. The van der Waals surface area contributed by atoms with E-state index < -0.39 is 0 Å². The van der Waals surface area contributed by atoms with Crippen LogP contribution in [0.4, 0.5) is 0 Å². The van der Waals surface area contributed by atoms with Crippen molar-refractivity contribution in [2.75, 3.05) is 6.54 Å². The van der Waals surface area contributed by atoms with Crippen LogP contribution in [-0.4, -0.2) is 36.6 Å². The molecular weight excluding hydrogens is 298 g/mol. The number of fused-ring (bicyclic) bond motifs is 1. The second-order valence-electron chi connectivity index (χ2n) is 9.12. The molecule has 0 aromatic carbocycles. The Kier molecular flexibility index (Phi) is 4.88. The van der Waals surface area contributed by atoms with Crippen LogP contribution in [0.5, 0.6) is 0 Å². The van der Waals surface area contributed by atoms with Gasteiger partial charge >= 0.3 is 0 Å². The largest absolute Gasteiger partial charge is 0.350 e. The number of nitrogens with one attached hydrogen (secondary N) is 3. The van der Waals surface area contributed by atoms with Gasteiger partial charge in [-0.2, -0.15) is 0 Å². The highest BCUT2D eigenvalue weighted by atomic mass is 16.2. The Labute approximate surface area is 146 Å². The minimum Gasteiger partial charge on any atom is -0.350 e. The normalized spacial score (nSPS) is 43.9. The zero-order chi connectivity index (χ0) is 16.7. The molecule has 2 saturated heterocycles. The Hall–Kier alpha value is -0.610. The molecule has 6 unspecified atom stereocenters. The van der Waals surface area contributed by atoms with Gasteiger partial charge in [-0.1, -0.05) is 20.3 Å². The predicted octanol–water partition coefficient (Wildman–Crippen LogP) is 2.44. The first-order valence-electron chi connectivity index (χ1n) is 10.4. The lowest BCUT2D eigenvalue weighted by atomic mass is 9.78. The molecular formula is C20H35N3O. The van der Waals surface area contributed by atoms with Gasteiger partial charge in [-0.25, -0.2) is 0 Å². The van der Waals surface area contributed by atoms with E-state index in [2.05, 4.69) is 29.8 Å². The molecule has 1 amide bonds. The van der Waals surface area contributed by atoms with Crippen LogP contribution in [-0.2, 0) is 4.79 Å². The Morgan fingerprint density at radius 2 is 1.83 bits per heavy atom. The van der Waals surface area contributed by atoms with Crippen LogP contribution in [0.3, 0.4) is 0 Å². The number of carbonyl (C=O) groups is 1. The Morgan fingerprint density at radius 1 is 1.04 bits per heavy atom. The zero-order valence-electron chi connectivity index (χ0n) is 15.4. The molecule has 3 N–H and O–H groups in total. The maximum absolute atomic E-state index is 13.0. The summed E-state index contributed by atoms with van der Waals surface area (Å²) in [6.45, 7) is 5.81. The van der Waals surface area contributed by atoms with E-state index in [1.165, 1.54) is 44.9 Å². The quantitative estimate of drug-likeness (QED) is 0.741. The molecule has 0 radical (unpaired) electrons. The van der Waals surface area contributed by atoms with E-state index in [-0.39, 0.29) is 11.9 Å². The van der Waals surface area contributed by atoms with Crippen LogP contribution in [0.15, 0.2) is 0 Å². The average Bonchev–Trinajstić information content (AvgIpc) is 3.31. The van der Waals surface area contributed by atoms with Crippen molar-refractivity contribution in [3.05, 3.63) is 0 Å². The molecule has 2 heterocycles. The highest BCUT2D eigenvalue weighted by Crippen LogP contribution is 2.39. The molecule has 2 aliphatic heterocycles. The van der Waals surface area contributed by atoms with Crippen molar-refractivity contribution in [3.63, 3.8) is 0 Å². The van der Waals surface area contributed by atoms with Crippen molar-refractivity contribution >= 4 is 5.91 Å². The minimum absolute atomic E-state index is 0.0423. The minimum atomic E-state index is 0.0423. The molecule has 0 bridgehead atoms. The Morgan fingerprint density at radius 3 is 2.54 bits per heavy atom. The summed E-state index contributed by atoms with van der Waals surface area (Å²) >= 11 is 0. The van der Waals surface area contributed by atoms with Crippen LogP contribution < -0.4 is 16.0 Å². The third-order valence-electron chi connectivity index (χ3n) is 7.26. The maximum atomic E-state index is 13.0. The summed E-state index contributed by atoms with van der Waals surface area (Å²) in [6.07, 6.45) is 10.1. The number of hydrogen-bond donors (Lipinski definition) is 3. The summed E-state index contributed by atoms with van der Waals surface area (Å²) < 4.78 is 0. The summed E-state index contributed by atoms with van der Waals surface area (Å²) in [6, 6.07) is 1.42. The van der Waals surface area contributed by atoms with E-state index in [0.29, 0.717) is 30.0 Å². The first kappa shape index (κ1) is 16.8. The highest BCUT2D eigenvalue weighted by molar-refractivity contribution is 5.82. The van der Waals surface area contributed by atoms with Crippen LogP contribution in [0.1, 0.15) is 65.2 Å². The van der Waals surface area contributed by atoms with Gasteiger partial charge in [0.15, 0.2) is 0 Å². The van der Waals surface area contributed by atoms with E-state index in [1.807, 2.05) is 0 Å². The summed E-state index contributed by atoms with van der Waals surface area (Å²) in [4.78, 5) is 13.0. The third-order valence-corrected chi connectivity index (χ3v) is 7.26. The van der Waals surface area contributed by atoms with Gasteiger partial charge in [-0.15, -0.1) is 0 Å². The molecule has 0 aromatic rings. The van der Waals surface area contributed by atoms with Gasteiger partial charge in [-0.05, 0) is 75.2 Å². The zero-order valence-corrected chi connectivity index (χ0v) is 15.4. The fourth-order valence-electron chi connectivity index (χ4n) is 5.65. The standard InChI is InChI=1S/C20H35N3O/c1-12-5-3-7-15-11-16(22-17(12)15)20(24)23-19(14-8-9-14)18-13(2)6-4-10-21-18/h12-19,21-22H,3-11H2,1-2H3,(H,23,24)/t12?,13?,15?,16?,17?,18?,19-/m1/s1. The van der Waals surface area contributed by atoms with E-state index in [1.54, 1.807) is 0 Å². The van der Waals surface area contributed by atoms with Crippen molar-refractivity contribution < 1.29 is 4.79 Å². The lowest BCUT2D eigenvalue weighted by molar-refractivity contribution is -0.124. The van der Waals surface area contributed by atoms with Crippen molar-refractivity contribution in [1.29, 1.82) is 0 Å². The van der Waals surface area contributed by atoms with Crippen molar-refractivity contribution in [1.82, 2.24) is 16.0 Å². The number of piperidine rings is 1. The second kappa shape index (κ2) is 6.95. The molecule has 0 aromatic heterocycles. The molecule has 2 aliphatic carbocycles. The number of carbonyl (C=O) groups excluding carboxylic acids is 1. The second-order valence-corrected chi connectivity index (χ2v) is 9.12. The number of rotatable bonds is 4. The molecule has 4 fully saturated rings. The van der Waals surface area contributed by atoms with E-state index in [4.69, 9.17) is 0 Å². The van der Waals surface area contributed by atoms with Gasteiger partial charge in [0.2, 0.25) is 5.91 Å². The van der Waals surface area contributed by atoms with Crippen molar-refractivity contribution in [3.8, 4) is 0 Å². The van der Waals surface area contributed by atoms with Crippen LogP contribution in [0.25, 0.3) is 0 Å². The molecule has 136 valence electrons. The molecule has 4 heteroatoms. The lowest BCUT2D eigenvalue weighted by Gasteiger charge is -2.37. The summed E-state index contributed by atoms with van der Waals surface area (Å²) in [5.41, 5.74) is 0. The van der Waals surface area contributed by atoms with E-state index in [0.717, 1.165) is 24.8 Å². The van der Waals surface area contributed by atoms with Crippen LogP contribution in [0, 0.1) is 23.7 Å². The number of amides is 1. The summed E-state index contributed by atoms with van der Waals surface area (Å²) in [7, 11) is 0. The fraction of sp³-hybridized carbons (Fsp3) is 0.950. The molecule has 4 nitrogen and oxygen atoms in total. The molecule has 2 saturated carbocycles. The van der Waals surface area contributed by atoms with Crippen LogP contribution >= 0.6 is 0 Å². The fourth-order valence-corrected chi connectivity index (χ4v) is 5.65. The maximum Gasteiger partial charge on any atom is 0.237 e. The van der Waals surface area contributed by atoms with Crippen molar-refractivity contribution in [2.45, 2.75) is 89.4 Å². The van der Waals surface area contributed by atoms with Crippen molar-refractivity contribution in [2.24, 2.45) is 23.7 Å².